The van der Waals surface area contributed by atoms with E-state index in [1.165, 1.54) is 5.56 Å². The van der Waals surface area contributed by atoms with Gasteiger partial charge in [-0.05, 0) is 59.6 Å². The summed E-state index contributed by atoms with van der Waals surface area (Å²) < 4.78 is 23.1. The number of rotatable bonds is 11. The Hall–Kier alpha value is -3.13. The summed E-state index contributed by atoms with van der Waals surface area (Å²) in [5.41, 5.74) is 3.30. The number of anilines is 2. The Balaban J connectivity index is 1.60. The summed E-state index contributed by atoms with van der Waals surface area (Å²) in [6.45, 7) is 7.77. The molecule has 1 unspecified atom stereocenters. The second-order valence-corrected chi connectivity index (χ2v) is 10.3. The lowest BCUT2D eigenvalue weighted by atomic mass is 9.87. The summed E-state index contributed by atoms with van der Waals surface area (Å²) in [5, 5.41) is 0.353. The lowest BCUT2D eigenvalue weighted by Crippen LogP contribution is -2.35. The number of nitrogens with zero attached hydrogens (tertiary/aromatic N) is 2. The van der Waals surface area contributed by atoms with Gasteiger partial charge in [0.2, 0.25) is 0 Å². The molecule has 0 aliphatic heterocycles. The van der Waals surface area contributed by atoms with Crippen LogP contribution in [0, 0.1) is 0 Å². The molecule has 0 bridgehead atoms. The van der Waals surface area contributed by atoms with Gasteiger partial charge in [0, 0.05) is 45.2 Å². The van der Waals surface area contributed by atoms with Crippen molar-refractivity contribution >= 4 is 28.8 Å². The fraction of sp³-hybridized carbons (Fsp3) is 0.367. The van der Waals surface area contributed by atoms with Crippen LogP contribution in [0.25, 0.3) is 0 Å². The van der Waals surface area contributed by atoms with E-state index >= 15 is 0 Å². The van der Waals surface area contributed by atoms with Gasteiger partial charge in [0.15, 0.2) is 0 Å². The van der Waals surface area contributed by atoms with Gasteiger partial charge in [0.1, 0.15) is 31.0 Å². The van der Waals surface area contributed by atoms with E-state index in [0.717, 1.165) is 17.1 Å². The van der Waals surface area contributed by atoms with Crippen molar-refractivity contribution in [1.29, 1.82) is 0 Å². The van der Waals surface area contributed by atoms with Crippen molar-refractivity contribution < 1.29 is 18.9 Å². The van der Waals surface area contributed by atoms with Crippen molar-refractivity contribution in [2.45, 2.75) is 32.3 Å². The molecule has 0 aromatic heterocycles. The van der Waals surface area contributed by atoms with Crippen LogP contribution in [0.5, 0.6) is 11.5 Å². The Morgan fingerprint density at radius 3 is 2.19 bits per heavy atom. The Morgan fingerprint density at radius 1 is 0.865 bits per heavy atom. The third-order valence-electron chi connectivity index (χ3n) is 5.94. The average molecular weight is 523 g/mol. The van der Waals surface area contributed by atoms with Crippen molar-refractivity contribution in [3.8, 4) is 11.5 Å². The molecule has 198 valence electrons. The Morgan fingerprint density at radius 2 is 1.54 bits per heavy atom. The van der Waals surface area contributed by atoms with E-state index in [1.807, 2.05) is 73.6 Å². The fourth-order valence-electron chi connectivity index (χ4n) is 3.68. The maximum absolute atomic E-state index is 6.12. The van der Waals surface area contributed by atoms with Gasteiger partial charge in [-0.3, -0.25) is 0 Å². The number of likely N-dealkylation sites (N-methyl/N-ethyl adjacent to an activating group) is 1. The van der Waals surface area contributed by atoms with Gasteiger partial charge in [0.25, 0.3) is 5.17 Å². The first-order valence-corrected chi connectivity index (χ1v) is 12.7. The number of ether oxygens (including phenoxy) is 4. The maximum Gasteiger partial charge on any atom is 0.269 e. The number of hydrogen-bond acceptors (Lipinski definition) is 6. The van der Waals surface area contributed by atoms with Crippen molar-refractivity contribution in [3.63, 3.8) is 0 Å². The predicted octanol–water partition coefficient (Wildman–Crippen LogP) is 6.29. The Bertz CT molecular complexity index is 1120. The van der Waals surface area contributed by atoms with E-state index in [1.54, 1.807) is 7.11 Å². The van der Waals surface area contributed by atoms with E-state index in [-0.39, 0.29) is 18.3 Å². The summed E-state index contributed by atoms with van der Waals surface area (Å²) >= 11 is 5.56. The van der Waals surface area contributed by atoms with Crippen LogP contribution in [0.2, 0.25) is 0 Å². The second-order valence-electron chi connectivity index (χ2n) is 9.92. The molecule has 0 fully saturated rings. The number of benzene rings is 3. The minimum atomic E-state index is -0.188. The molecule has 0 heterocycles. The molecule has 0 saturated carbocycles. The van der Waals surface area contributed by atoms with Crippen LogP contribution in [0.4, 0.5) is 11.4 Å². The third kappa shape index (κ3) is 8.74. The Kier molecular flexibility index (Phi) is 10.3. The summed E-state index contributed by atoms with van der Waals surface area (Å²) in [4.78, 5) is 3.96. The lowest BCUT2D eigenvalue weighted by Gasteiger charge is -2.26. The molecule has 0 radical (unpaired) electrons. The first kappa shape index (κ1) is 28.4. The zero-order valence-corrected chi connectivity index (χ0v) is 23.5. The molecule has 3 aromatic rings. The number of methoxy groups -OCH3 is 1. The largest absolute Gasteiger partial charge is 0.491 e. The predicted molar refractivity (Wildman–Crippen MR) is 155 cm³/mol. The number of thiocarbonyl (C=S) groups is 1. The normalized spacial score (nSPS) is 12.1. The van der Waals surface area contributed by atoms with Gasteiger partial charge in [-0.1, -0.05) is 57.2 Å². The standard InChI is InChI=1S/C30H38N2O4S/c1-30(2,3)23-15-17-26(18-16-23)36-29(37)32(5)25-13-10-14-27(19-25)34-21-28(35-22-33-6)20-31(4)24-11-8-7-9-12-24/h7-19,28H,20-22H2,1-6H3. The third-order valence-corrected chi connectivity index (χ3v) is 6.29. The van der Waals surface area contributed by atoms with Gasteiger partial charge in [0.05, 0.1) is 0 Å². The van der Waals surface area contributed by atoms with Crippen LogP contribution in [0.1, 0.15) is 26.3 Å². The molecule has 0 spiro atoms. The van der Waals surface area contributed by atoms with Gasteiger partial charge in [-0.15, -0.1) is 0 Å². The monoisotopic (exact) mass is 522 g/mol. The maximum atomic E-state index is 6.12. The van der Waals surface area contributed by atoms with Crippen LogP contribution < -0.4 is 19.3 Å². The quantitative estimate of drug-likeness (QED) is 0.217. The van der Waals surface area contributed by atoms with Crippen LogP contribution in [0.3, 0.4) is 0 Å². The summed E-state index contributed by atoms with van der Waals surface area (Å²) in [6, 6.07) is 26.0. The van der Waals surface area contributed by atoms with Crippen molar-refractivity contribution in [1.82, 2.24) is 0 Å². The summed E-state index contributed by atoms with van der Waals surface area (Å²) in [6.07, 6.45) is -0.188. The van der Waals surface area contributed by atoms with Crippen molar-refractivity contribution in [2.75, 3.05) is 50.9 Å². The molecule has 0 saturated heterocycles. The smallest absolute Gasteiger partial charge is 0.269 e. The van der Waals surface area contributed by atoms with E-state index in [0.29, 0.717) is 24.1 Å². The fourth-order valence-corrected chi connectivity index (χ4v) is 3.88. The SMILES string of the molecule is COCOC(COc1cccc(N(C)C(=S)Oc2ccc(C(C)(C)C)cc2)c1)CN(C)c1ccccc1. The number of hydrogen-bond donors (Lipinski definition) is 0. The van der Waals surface area contributed by atoms with Crippen LogP contribution in [-0.2, 0) is 14.9 Å². The van der Waals surface area contributed by atoms with Crippen molar-refractivity contribution in [2.24, 2.45) is 0 Å². The van der Waals surface area contributed by atoms with Crippen LogP contribution in [0.15, 0.2) is 78.9 Å². The van der Waals surface area contributed by atoms with E-state index in [4.69, 9.17) is 31.2 Å². The molecular formula is C30H38N2O4S. The van der Waals surface area contributed by atoms with E-state index in [2.05, 4.69) is 49.9 Å². The van der Waals surface area contributed by atoms with Crippen molar-refractivity contribution in [3.05, 3.63) is 84.4 Å². The zero-order valence-electron chi connectivity index (χ0n) is 22.6. The molecule has 37 heavy (non-hydrogen) atoms. The molecule has 0 N–H and O–H groups in total. The summed E-state index contributed by atoms with van der Waals surface area (Å²) in [7, 11) is 5.53. The highest BCUT2D eigenvalue weighted by atomic mass is 32.1. The molecule has 6 nitrogen and oxygen atoms in total. The minimum Gasteiger partial charge on any atom is -0.491 e. The van der Waals surface area contributed by atoms with Gasteiger partial charge >= 0.3 is 0 Å². The highest BCUT2D eigenvalue weighted by molar-refractivity contribution is 7.80. The lowest BCUT2D eigenvalue weighted by molar-refractivity contribution is -0.0801. The Labute approximate surface area is 226 Å². The molecule has 3 aromatic carbocycles. The van der Waals surface area contributed by atoms with Crippen LogP contribution in [-0.4, -0.2) is 52.4 Å². The molecule has 7 heteroatoms. The zero-order chi connectivity index (χ0) is 26.8. The molecule has 0 amide bonds. The molecule has 1 atom stereocenters. The average Bonchev–Trinajstić information content (AvgIpc) is 2.90. The highest BCUT2D eigenvalue weighted by Gasteiger charge is 2.16. The molecule has 0 aliphatic carbocycles. The van der Waals surface area contributed by atoms with E-state index < -0.39 is 0 Å². The first-order valence-electron chi connectivity index (χ1n) is 12.3. The summed E-state index contributed by atoms with van der Waals surface area (Å²) in [5.74, 6) is 1.42. The highest BCUT2D eigenvalue weighted by Crippen LogP contribution is 2.26. The first-order chi connectivity index (χ1) is 17.7. The molecule has 0 aliphatic rings. The van der Waals surface area contributed by atoms with Crippen LogP contribution >= 0.6 is 12.2 Å². The second kappa shape index (κ2) is 13.4. The van der Waals surface area contributed by atoms with Gasteiger partial charge in [-0.25, -0.2) is 0 Å². The van der Waals surface area contributed by atoms with E-state index in [9.17, 15) is 0 Å². The van der Waals surface area contributed by atoms with Gasteiger partial charge in [-0.2, -0.15) is 0 Å². The molecular weight excluding hydrogens is 484 g/mol. The number of para-hydroxylation sites is 1. The topological polar surface area (TPSA) is 43.4 Å². The molecule has 3 rings (SSSR count). The minimum absolute atomic E-state index is 0.0842. The van der Waals surface area contributed by atoms with Gasteiger partial charge < -0.3 is 28.7 Å².